The largest absolute Gasteiger partial charge is 0.491 e. The van der Waals surface area contributed by atoms with E-state index in [1.807, 2.05) is 30.3 Å². The molecule has 2 aromatic carbocycles. The van der Waals surface area contributed by atoms with Crippen LogP contribution in [0.15, 0.2) is 65.6 Å². The Kier molecular flexibility index (Phi) is 8.91. The first kappa shape index (κ1) is 28.4. The standard InChI is InChI=1S/C26H33Cl2N9O3/c1-18(2)35-9-10-37(25(12-35)32-34-33-29)20-4-6-21(7-5-20)38-13-22-14-39-26(40-22,15-36-17-30-16-31-36)23-8-3-19(27)11-24(23)28/h3-8,11,16-18,22,25H,9-10,12-15H2,1-2H3,(H2,29,34)(H,32,33)/t22-,25?,26-/m1/s1. The molecular formula is C26H33Cl2N9O3. The van der Waals surface area contributed by atoms with Crippen LogP contribution in [0.3, 0.4) is 0 Å². The zero-order valence-corrected chi connectivity index (χ0v) is 23.9. The summed E-state index contributed by atoms with van der Waals surface area (Å²) >= 11 is 12.7. The second-order valence-electron chi connectivity index (χ2n) is 9.97. The summed E-state index contributed by atoms with van der Waals surface area (Å²) in [7, 11) is 0. The molecule has 3 N–H and O–H groups in total. The first-order valence-corrected chi connectivity index (χ1v) is 13.8. The van der Waals surface area contributed by atoms with E-state index in [2.05, 4.69) is 49.6 Å². The van der Waals surface area contributed by atoms with Gasteiger partial charge < -0.3 is 25.0 Å². The molecule has 3 atom stereocenters. The molecule has 2 saturated heterocycles. The van der Waals surface area contributed by atoms with Crippen LogP contribution >= 0.6 is 23.2 Å². The van der Waals surface area contributed by atoms with E-state index < -0.39 is 5.79 Å². The van der Waals surface area contributed by atoms with Crippen LogP contribution in [0.1, 0.15) is 19.4 Å². The minimum Gasteiger partial charge on any atom is -0.491 e. The highest BCUT2D eigenvalue weighted by Crippen LogP contribution is 2.40. The molecule has 0 aliphatic carbocycles. The summed E-state index contributed by atoms with van der Waals surface area (Å²) in [6.07, 6.45) is 2.67. The first-order chi connectivity index (χ1) is 19.4. The van der Waals surface area contributed by atoms with E-state index >= 15 is 0 Å². The number of hydrogen-bond acceptors (Lipinski definition) is 9. The van der Waals surface area contributed by atoms with Gasteiger partial charge in [0.05, 0.1) is 11.6 Å². The molecule has 0 saturated carbocycles. The van der Waals surface area contributed by atoms with Crippen molar-refractivity contribution in [3.05, 3.63) is 70.7 Å². The number of aromatic nitrogens is 3. The Hall–Kier alpha value is -3.16. The third-order valence-corrected chi connectivity index (χ3v) is 7.60. The summed E-state index contributed by atoms with van der Waals surface area (Å²) in [4.78, 5) is 8.67. The van der Waals surface area contributed by atoms with Gasteiger partial charge in [0.2, 0.25) is 5.79 Å². The molecular weight excluding hydrogens is 557 g/mol. The lowest BCUT2D eigenvalue weighted by molar-refractivity contribution is -0.190. The van der Waals surface area contributed by atoms with Crippen LogP contribution < -0.4 is 20.9 Å². The molecule has 40 heavy (non-hydrogen) atoms. The number of piperazine rings is 1. The van der Waals surface area contributed by atoms with Gasteiger partial charge in [0, 0.05) is 41.9 Å². The Morgan fingerprint density at radius 3 is 2.73 bits per heavy atom. The lowest BCUT2D eigenvalue weighted by atomic mass is 10.1. The number of ether oxygens (including phenoxy) is 3. The van der Waals surface area contributed by atoms with Gasteiger partial charge in [-0.3, -0.25) is 10.3 Å². The molecule has 214 valence electrons. The van der Waals surface area contributed by atoms with E-state index in [1.165, 1.54) is 6.33 Å². The van der Waals surface area contributed by atoms with Crippen molar-refractivity contribution in [2.24, 2.45) is 16.3 Å². The van der Waals surface area contributed by atoms with Crippen molar-refractivity contribution in [3.8, 4) is 5.75 Å². The highest BCUT2D eigenvalue weighted by molar-refractivity contribution is 6.35. The number of hydrogen-bond donors (Lipinski definition) is 2. The molecule has 0 amide bonds. The summed E-state index contributed by atoms with van der Waals surface area (Å²) in [6, 6.07) is 13.6. The van der Waals surface area contributed by atoms with Crippen molar-refractivity contribution < 1.29 is 14.2 Å². The van der Waals surface area contributed by atoms with Crippen LogP contribution in [-0.4, -0.2) is 70.8 Å². The van der Waals surface area contributed by atoms with Crippen molar-refractivity contribution in [2.45, 2.75) is 44.5 Å². The summed E-state index contributed by atoms with van der Waals surface area (Å²) < 4.78 is 20.4. The summed E-state index contributed by atoms with van der Waals surface area (Å²) in [5, 5.41) is 12.4. The van der Waals surface area contributed by atoms with Crippen LogP contribution in [0.5, 0.6) is 5.75 Å². The van der Waals surface area contributed by atoms with Crippen molar-refractivity contribution in [1.29, 1.82) is 0 Å². The molecule has 0 spiro atoms. The predicted molar refractivity (Wildman–Crippen MR) is 151 cm³/mol. The molecule has 3 heterocycles. The van der Waals surface area contributed by atoms with Crippen LogP contribution in [0.4, 0.5) is 5.69 Å². The number of rotatable bonds is 10. The Bertz CT molecular complexity index is 1280. The molecule has 3 aromatic rings. The molecule has 1 aromatic heterocycles. The number of nitrogens with two attached hydrogens (primary N) is 1. The fourth-order valence-electron chi connectivity index (χ4n) is 5.00. The number of anilines is 1. The molecule has 0 radical (unpaired) electrons. The number of nitrogens with one attached hydrogen (secondary N) is 1. The topological polar surface area (TPSA) is 128 Å². The van der Waals surface area contributed by atoms with Gasteiger partial charge in [0.25, 0.3) is 0 Å². The third kappa shape index (κ3) is 6.42. The van der Waals surface area contributed by atoms with Crippen LogP contribution in [0, 0.1) is 0 Å². The molecule has 2 aliphatic heterocycles. The zero-order chi connectivity index (χ0) is 28.1. The van der Waals surface area contributed by atoms with Crippen molar-refractivity contribution in [2.75, 3.05) is 37.7 Å². The Morgan fingerprint density at radius 2 is 2.02 bits per heavy atom. The lowest BCUT2D eigenvalue weighted by Crippen LogP contribution is -2.59. The molecule has 2 fully saturated rings. The van der Waals surface area contributed by atoms with Crippen LogP contribution in [0.2, 0.25) is 10.0 Å². The monoisotopic (exact) mass is 589 g/mol. The number of nitrogens with zero attached hydrogens (tertiary/aromatic N) is 7. The third-order valence-electron chi connectivity index (χ3n) is 7.05. The smallest absolute Gasteiger partial charge is 0.217 e. The predicted octanol–water partition coefficient (Wildman–Crippen LogP) is 3.62. The second kappa shape index (κ2) is 12.6. The van der Waals surface area contributed by atoms with Gasteiger partial charge >= 0.3 is 0 Å². The number of halogens is 2. The van der Waals surface area contributed by atoms with E-state index in [-0.39, 0.29) is 25.4 Å². The first-order valence-electron chi connectivity index (χ1n) is 13.1. The van der Waals surface area contributed by atoms with Gasteiger partial charge in [0.1, 0.15) is 43.8 Å². The molecule has 12 nitrogen and oxygen atoms in total. The van der Waals surface area contributed by atoms with Gasteiger partial charge in [-0.2, -0.15) is 5.10 Å². The normalized spacial score (nSPS) is 23.8. The highest BCUT2D eigenvalue weighted by Gasteiger charge is 2.45. The van der Waals surface area contributed by atoms with Crippen LogP contribution in [0.25, 0.3) is 0 Å². The SMILES string of the molecule is CC(C)N1CCN(c2ccc(OC[C@@H]3CO[C@@](Cn4cncn4)(c4ccc(Cl)cc4Cl)O3)cc2)C(N/N=N/N)C1. The maximum absolute atomic E-state index is 6.55. The van der Waals surface area contributed by atoms with Gasteiger partial charge in [-0.15, -0.1) is 0 Å². The quantitative estimate of drug-likeness (QED) is 0.207. The Morgan fingerprint density at radius 1 is 1.20 bits per heavy atom. The Labute approximate surface area is 242 Å². The molecule has 2 aliphatic rings. The molecule has 5 rings (SSSR count). The van der Waals surface area contributed by atoms with Gasteiger partial charge in [-0.05, 0) is 50.2 Å². The summed E-state index contributed by atoms with van der Waals surface area (Å²) in [6.45, 7) is 7.82. The second-order valence-corrected chi connectivity index (χ2v) is 10.8. The average molecular weight is 591 g/mol. The fraction of sp³-hybridized carbons (Fsp3) is 0.462. The van der Waals surface area contributed by atoms with Gasteiger partial charge in [0.15, 0.2) is 0 Å². The van der Waals surface area contributed by atoms with Crippen molar-refractivity contribution >= 4 is 28.9 Å². The minimum atomic E-state index is -1.16. The van der Waals surface area contributed by atoms with Gasteiger partial charge in [-0.25, -0.2) is 9.67 Å². The van der Waals surface area contributed by atoms with E-state index in [1.54, 1.807) is 23.1 Å². The summed E-state index contributed by atoms with van der Waals surface area (Å²) in [5.41, 5.74) is 4.76. The highest BCUT2D eigenvalue weighted by atomic mass is 35.5. The van der Waals surface area contributed by atoms with E-state index in [0.29, 0.717) is 28.3 Å². The Balaban J connectivity index is 1.24. The summed E-state index contributed by atoms with van der Waals surface area (Å²) in [5.74, 6) is 4.80. The fourth-order valence-corrected chi connectivity index (χ4v) is 5.55. The number of benzene rings is 2. The maximum atomic E-state index is 6.55. The lowest BCUT2D eigenvalue weighted by Gasteiger charge is -2.43. The van der Waals surface area contributed by atoms with Crippen molar-refractivity contribution in [3.63, 3.8) is 0 Å². The average Bonchev–Trinajstić information content (AvgIpc) is 3.61. The zero-order valence-electron chi connectivity index (χ0n) is 22.4. The molecule has 1 unspecified atom stereocenters. The molecule has 0 bridgehead atoms. The molecule has 14 heteroatoms. The van der Waals surface area contributed by atoms with E-state index in [9.17, 15) is 0 Å². The maximum Gasteiger partial charge on any atom is 0.217 e. The van der Waals surface area contributed by atoms with E-state index in [4.69, 9.17) is 43.3 Å². The van der Waals surface area contributed by atoms with Crippen molar-refractivity contribution in [1.82, 2.24) is 25.1 Å². The van der Waals surface area contributed by atoms with E-state index in [0.717, 1.165) is 31.1 Å². The van der Waals surface area contributed by atoms with Gasteiger partial charge in [-0.1, -0.05) is 39.7 Å². The minimum absolute atomic E-state index is 0.0583. The van der Waals surface area contributed by atoms with Crippen LogP contribution in [-0.2, 0) is 21.8 Å².